The number of esters is 1. The number of nitrogens with zero attached hydrogens (tertiary/aromatic N) is 2. The molecule has 0 bridgehead atoms. The molecule has 1 unspecified atom stereocenters. The lowest BCUT2D eigenvalue weighted by atomic mass is 9.98. The zero-order chi connectivity index (χ0) is 13.0. The molecule has 2 rings (SSSR count). The van der Waals surface area contributed by atoms with Crippen LogP contribution in [0.4, 0.5) is 5.69 Å². The molecule has 1 atom stereocenters. The van der Waals surface area contributed by atoms with Gasteiger partial charge in [-0.2, -0.15) is 0 Å². The van der Waals surface area contributed by atoms with Crippen LogP contribution in [-0.2, 0) is 4.74 Å². The Morgan fingerprint density at radius 1 is 1.67 bits per heavy atom. The molecule has 1 aliphatic heterocycles. The maximum absolute atomic E-state index is 11.4. The Hall–Kier alpha value is -1.62. The van der Waals surface area contributed by atoms with Gasteiger partial charge in [0.2, 0.25) is 0 Å². The Bertz CT molecular complexity index is 422. The Balaban J connectivity index is 2.15. The number of carbonyl (C=O) groups excluding carboxylic acids is 1. The first kappa shape index (κ1) is 12.8. The van der Waals surface area contributed by atoms with Crippen LogP contribution in [-0.4, -0.2) is 37.7 Å². The highest BCUT2D eigenvalue weighted by Crippen LogP contribution is 2.22. The summed E-state index contributed by atoms with van der Waals surface area (Å²) in [7, 11) is 1.36. The van der Waals surface area contributed by atoms with Gasteiger partial charge < -0.3 is 15.4 Å². The van der Waals surface area contributed by atoms with E-state index in [2.05, 4.69) is 14.6 Å². The van der Waals surface area contributed by atoms with Crippen molar-refractivity contribution in [2.24, 2.45) is 11.7 Å². The van der Waals surface area contributed by atoms with E-state index in [1.807, 2.05) is 6.07 Å². The van der Waals surface area contributed by atoms with Gasteiger partial charge in [0, 0.05) is 25.0 Å². The second-order valence-corrected chi connectivity index (χ2v) is 4.58. The second-order valence-electron chi connectivity index (χ2n) is 4.58. The molecule has 1 aliphatic rings. The lowest BCUT2D eigenvalue weighted by molar-refractivity contribution is 0.0594. The molecule has 1 aromatic heterocycles. The average Bonchev–Trinajstić information content (AvgIpc) is 2.46. The standard InChI is InChI=1S/C13H19N3O2/c1-18-13(17)12-7-11(4-5-15-12)16-6-2-3-10(8-14)9-16/h4-5,7,10H,2-3,6,8-9,14H2,1H3. The molecule has 1 saturated heterocycles. The first-order valence-electron chi connectivity index (χ1n) is 6.24. The number of carbonyl (C=O) groups is 1. The summed E-state index contributed by atoms with van der Waals surface area (Å²) in [6.07, 6.45) is 3.97. The van der Waals surface area contributed by atoms with Crippen LogP contribution < -0.4 is 10.6 Å². The fraction of sp³-hybridized carbons (Fsp3) is 0.538. The summed E-state index contributed by atoms with van der Waals surface area (Å²) in [6, 6.07) is 3.70. The number of pyridine rings is 1. The van der Waals surface area contributed by atoms with Crippen molar-refractivity contribution < 1.29 is 9.53 Å². The Morgan fingerprint density at radius 2 is 2.50 bits per heavy atom. The predicted octanol–water partition coefficient (Wildman–Crippen LogP) is 1.04. The highest BCUT2D eigenvalue weighted by molar-refractivity contribution is 5.88. The van der Waals surface area contributed by atoms with Crippen LogP contribution in [0.25, 0.3) is 0 Å². The fourth-order valence-corrected chi connectivity index (χ4v) is 2.32. The van der Waals surface area contributed by atoms with Crippen molar-refractivity contribution in [3.8, 4) is 0 Å². The fourth-order valence-electron chi connectivity index (χ4n) is 2.32. The van der Waals surface area contributed by atoms with Crippen LogP contribution in [0.5, 0.6) is 0 Å². The first-order chi connectivity index (χ1) is 8.74. The van der Waals surface area contributed by atoms with Crippen LogP contribution >= 0.6 is 0 Å². The number of hydrogen-bond acceptors (Lipinski definition) is 5. The van der Waals surface area contributed by atoms with Gasteiger partial charge in [-0.15, -0.1) is 0 Å². The van der Waals surface area contributed by atoms with Crippen molar-refractivity contribution in [3.05, 3.63) is 24.0 Å². The van der Waals surface area contributed by atoms with Crippen molar-refractivity contribution in [1.29, 1.82) is 0 Å². The van der Waals surface area contributed by atoms with Gasteiger partial charge in [0.25, 0.3) is 0 Å². The summed E-state index contributed by atoms with van der Waals surface area (Å²) >= 11 is 0. The largest absolute Gasteiger partial charge is 0.464 e. The number of methoxy groups -OCH3 is 1. The third-order valence-electron chi connectivity index (χ3n) is 3.36. The van der Waals surface area contributed by atoms with E-state index in [1.54, 1.807) is 12.3 Å². The van der Waals surface area contributed by atoms with Gasteiger partial charge >= 0.3 is 5.97 Å². The van der Waals surface area contributed by atoms with Gasteiger partial charge in [-0.1, -0.05) is 0 Å². The van der Waals surface area contributed by atoms with Gasteiger partial charge in [0.1, 0.15) is 5.69 Å². The molecule has 2 heterocycles. The lowest BCUT2D eigenvalue weighted by Crippen LogP contribution is -2.38. The molecule has 0 spiro atoms. The molecular weight excluding hydrogens is 230 g/mol. The van der Waals surface area contributed by atoms with Crippen LogP contribution in [0, 0.1) is 5.92 Å². The Morgan fingerprint density at radius 3 is 3.22 bits per heavy atom. The molecule has 0 aromatic carbocycles. The topological polar surface area (TPSA) is 68.5 Å². The molecule has 0 saturated carbocycles. The molecular formula is C13H19N3O2. The van der Waals surface area contributed by atoms with Crippen LogP contribution in [0.1, 0.15) is 23.3 Å². The number of hydrogen-bond donors (Lipinski definition) is 1. The van der Waals surface area contributed by atoms with Crippen molar-refractivity contribution in [3.63, 3.8) is 0 Å². The molecule has 1 aromatic rings. The van der Waals surface area contributed by atoms with E-state index < -0.39 is 5.97 Å². The summed E-state index contributed by atoms with van der Waals surface area (Å²) in [5, 5.41) is 0. The summed E-state index contributed by atoms with van der Waals surface area (Å²) in [4.78, 5) is 17.7. The van der Waals surface area contributed by atoms with Gasteiger partial charge in [-0.05, 0) is 37.4 Å². The molecule has 0 amide bonds. The van der Waals surface area contributed by atoms with E-state index in [0.717, 1.165) is 25.2 Å². The monoisotopic (exact) mass is 249 g/mol. The van der Waals surface area contributed by atoms with Crippen LogP contribution in [0.2, 0.25) is 0 Å². The molecule has 5 nitrogen and oxygen atoms in total. The summed E-state index contributed by atoms with van der Waals surface area (Å²) in [6.45, 7) is 2.66. The minimum atomic E-state index is -0.399. The quantitative estimate of drug-likeness (QED) is 0.811. The molecule has 5 heteroatoms. The van der Waals surface area contributed by atoms with Gasteiger partial charge in [0.05, 0.1) is 7.11 Å². The maximum Gasteiger partial charge on any atom is 0.356 e. The normalized spacial score (nSPS) is 19.7. The lowest BCUT2D eigenvalue weighted by Gasteiger charge is -2.33. The molecule has 2 N–H and O–H groups in total. The molecule has 1 fully saturated rings. The third kappa shape index (κ3) is 2.79. The number of piperidine rings is 1. The molecule has 0 radical (unpaired) electrons. The maximum atomic E-state index is 11.4. The SMILES string of the molecule is COC(=O)c1cc(N2CCCC(CN)C2)ccn1. The minimum absolute atomic E-state index is 0.352. The van der Waals surface area contributed by atoms with E-state index in [4.69, 9.17) is 5.73 Å². The van der Waals surface area contributed by atoms with Crippen molar-refractivity contribution in [2.75, 3.05) is 31.6 Å². The minimum Gasteiger partial charge on any atom is -0.464 e. The Kier molecular flexibility index (Phi) is 4.15. The highest BCUT2D eigenvalue weighted by Gasteiger charge is 2.20. The van der Waals surface area contributed by atoms with Crippen LogP contribution in [0.3, 0.4) is 0 Å². The molecule has 0 aliphatic carbocycles. The summed E-state index contributed by atoms with van der Waals surface area (Å²) < 4.78 is 4.68. The number of ether oxygens (including phenoxy) is 1. The second kappa shape index (κ2) is 5.82. The first-order valence-corrected chi connectivity index (χ1v) is 6.24. The predicted molar refractivity (Wildman–Crippen MR) is 69.6 cm³/mol. The number of nitrogens with two attached hydrogens (primary N) is 1. The van der Waals surface area contributed by atoms with Crippen LogP contribution in [0.15, 0.2) is 18.3 Å². The number of anilines is 1. The number of rotatable bonds is 3. The van der Waals surface area contributed by atoms with E-state index in [-0.39, 0.29) is 0 Å². The van der Waals surface area contributed by atoms with E-state index in [9.17, 15) is 4.79 Å². The van der Waals surface area contributed by atoms with Gasteiger partial charge in [-0.3, -0.25) is 0 Å². The van der Waals surface area contributed by atoms with E-state index >= 15 is 0 Å². The summed E-state index contributed by atoms with van der Waals surface area (Å²) in [5.41, 5.74) is 7.10. The van der Waals surface area contributed by atoms with Crippen molar-refractivity contribution >= 4 is 11.7 Å². The highest BCUT2D eigenvalue weighted by atomic mass is 16.5. The van der Waals surface area contributed by atoms with Crippen molar-refractivity contribution in [1.82, 2.24) is 4.98 Å². The smallest absolute Gasteiger partial charge is 0.356 e. The van der Waals surface area contributed by atoms with Gasteiger partial charge in [0.15, 0.2) is 0 Å². The van der Waals surface area contributed by atoms with E-state index in [0.29, 0.717) is 18.2 Å². The average molecular weight is 249 g/mol. The molecule has 18 heavy (non-hydrogen) atoms. The zero-order valence-electron chi connectivity index (χ0n) is 10.6. The molecule has 98 valence electrons. The number of aromatic nitrogens is 1. The zero-order valence-corrected chi connectivity index (χ0v) is 10.6. The Labute approximate surface area is 107 Å². The summed E-state index contributed by atoms with van der Waals surface area (Å²) in [5.74, 6) is 0.137. The van der Waals surface area contributed by atoms with Gasteiger partial charge in [-0.25, -0.2) is 9.78 Å². The third-order valence-corrected chi connectivity index (χ3v) is 3.36. The van der Waals surface area contributed by atoms with E-state index in [1.165, 1.54) is 13.5 Å². The van der Waals surface area contributed by atoms with Crippen molar-refractivity contribution in [2.45, 2.75) is 12.8 Å².